The number of amides is 1. The second-order valence-electron chi connectivity index (χ2n) is 7.78. The Hall–Kier alpha value is -3.60. The van der Waals surface area contributed by atoms with Crippen LogP contribution < -0.4 is 5.32 Å². The van der Waals surface area contributed by atoms with Crippen LogP contribution in [-0.4, -0.2) is 15.7 Å². The average molecular weight is 399 g/mol. The van der Waals surface area contributed by atoms with Gasteiger partial charge in [-0.3, -0.25) is 4.79 Å². The molecule has 152 valence electrons. The number of anilines is 1. The van der Waals surface area contributed by atoms with Crippen LogP contribution in [0.4, 0.5) is 5.69 Å². The molecule has 0 fully saturated rings. The molecule has 5 heteroatoms. The maximum absolute atomic E-state index is 13.2. The number of aromatic nitrogens is 2. The largest absolute Gasteiger partial charge is 0.460 e. The first-order chi connectivity index (χ1) is 14.3. The molecule has 4 aromatic rings. The van der Waals surface area contributed by atoms with E-state index in [1.54, 1.807) is 10.7 Å². The fraction of sp³-hybridized carbons (Fsp3) is 0.200. The van der Waals surface area contributed by atoms with E-state index >= 15 is 0 Å². The van der Waals surface area contributed by atoms with Crippen molar-refractivity contribution in [2.75, 3.05) is 5.32 Å². The Kier molecular flexibility index (Phi) is 5.04. The van der Waals surface area contributed by atoms with Crippen molar-refractivity contribution >= 4 is 11.6 Å². The first-order valence-electron chi connectivity index (χ1n) is 9.95. The highest BCUT2D eigenvalue weighted by Gasteiger charge is 2.20. The summed E-state index contributed by atoms with van der Waals surface area (Å²) in [5.41, 5.74) is 7.20. The van der Waals surface area contributed by atoms with Crippen LogP contribution in [0.25, 0.3) is 17.1 Å². The van der Waals surface area contributed by atoms with Gasteiger partial charge in [-0.05, 0) is 81.6 Å². The molecular formula is C25H25N3O2. The number of hydrogen-bond donors (Lipinski definition) is 1. The van der Waals surface area contributed by atoms with E-state index < -0.39 is 0 Å². The number of aryl methyl sites for hydroxylation is 5. The van der Waals surface area contributed by atoms with Crippen LogP contribution in [0, 0.1) is 34.6 Å². The highest BCUT2D eigenvalue weighted by molar-refractivity contribution is 6.04. The monoisotopic (exact) mass is 399 g/mol. The van der Waals surface area contributed by atoms with E-state index in [2.05, 4.69) is 11.4 Å². The highest BCUT2D eigenvalue weighted by Crippen LogP contribution is 2.26. The Balaban J connectivity index is 1.79. The molecule has 4 rings (SSSR count). The number of furan rings is 1. The molecule has 0 aliphatic carbocycles. The lowest BCUT2D eigenvalue weighted by Crippen LogP contribution is -2.17. The molecule has 0 spiro atoms. The van der Waals surface area contributed by atoms with Gasteiger partial charge in [0, 0.05) is 11.8 Å². The molecule has 0 saturated heterocycles. The second-order valence-corrected chi connectivity index (χ2v) is 7.78. The molecule has 0 saturated carbocycles. The summed E-state index contributed by atoms with van der Waals surface area (Å²) in [6.45, 7) is 10.0. The van der Waals surface area contributed by atoms with Crippen molar-refractivity contribution in [3.8, 4) is 17.1 Å². The van der Waals surface area contributed by atoms with Gasteiger partial charge < -0.3 is 9.73 Å². The van der Waals surface area contributed by atoms with Crippen LogP contribution in [0.1, 0.15) is 38.5 Å². The number of nitrogens with zero attached hydrogens (tertiary/aromatic N) is 2. The lowest BCUT2D eigenvalue weighted by atomic mass is 10.1. The fourth-order valence-corrected chi connectivity index (χ4v) is 3.48. The van der Waals surface area contributed by atoms with Gasteiger partial charge in [0.15, 0.2) is 5.76 Å². The van der Waals surface area contributed by atoms with Crippen molar-refractivity contribution in [2.24, 2.45) is 0 Å². The predicted molar refractivity (Wildman–Crippen MR) is 119 cm³/mol. The van der Waals surface area contributed by atoms with Crippen molar-refractivity contribution in [1.82, 2.24) is 9.78 Å². The first kappa shape index (κ1) is 19.7. The Morgan fingerprint density at radius 2 is 1.67 bits per heavy atom. The summed E-state index contributed by atoms with van der Waals surface area (Å²) in [5, 5.41) is 7.72. The second kappa shape index (κ2) is 7.67. The highest BCUT2D eigenvalue weighted by atomic mass is 16.3. The lowest BCUT2D eigenvalue weighted by Gasteiger charge is -2.12. The van der Waals surface area contributed by atoms with Gasteiger partial charge in [-0.25, -0.2) is 4.68 Å². The van der Waals surface area contributed by atoms with Crippen LogP contribution in [0.5, 0.6) is 0 Å². The van der Waals surface area contributed by atoms with Crippen molar-refractivity contribution in [3.63, 3.8) is 0 Å². The van der Waals surface area contributed by atoms with E-state index in [-0.39, 0.29) is 5.91 Å². The summed E-state index contributed by atoms with van der Waals surface area (Å²) in [4.78, 5) is 13.2. The minimum atomic E-state index is -0.222. The van der Waals surface area contributed by atoms with Crippen molar-refractivity contribution in [1.29, 1.82) is 0 Å². The lowest BCUT2D eigenvalue weighted by molar-refractivity contribution is 0.101. The molecule has 2 aromatic heterocycles. The summed E-state index contributed by atoms with van der Waals surface area (Å²) in [5.74, 6) is 1.21. The molecule has 0 radical (unpaired) electrons. The third-order valence-electron chi connectivity index (χ3n) is 5.28. The van der Waals surface area contributed by atoms with Gasteiger partial charge in [0.25, 0.3) is 5.91 Å². The van der Waals surface area contributed by atoms with Gasteiger partial charge in [-0.2, -0.15) is 5.10 Å². The van der Waals surface area contributed by atoms with Crippen molar-refractivity contribution < 1.29 is 9.21 Å². The van der Waals surface area contributed by atoms with Gasteiger partial charge in [0.05, 0.1) is 5.69 Å². The summed E-state index contributed by atoms with van der Waals surface area (Å²) >= 11 is 0. The van der Waals surface area contributed by atoms with Gasteiger partial charge in [0.2, 0.25) is 0 Å². The molecule has 1 N–H and O–H groups in total. The molecule has 1 amide bonds. The molecule has 2 aromatic carbocycles. The predicted octanol–water partition coefficient (Wildman–Crippen LogP) is 5.93. The van der Waals surface area contributed by atoms with Gasteiger partial charge in [-0.15, -0.1) is 0 Å². The molecular weight excluding hydrogens is 374 g/mol. The van der Waals surface area contributed by atoms with Crippen molar-refractivity contribution in [2.45, 2.75) is 34.6 Å². The molecule has 2 heterocycles. The normalized spacial score (nSPS) is 11.0. The Bertz CT molecular complexity index is 1250. The third-order valence-corrected chi connectivity index (χ3v) is 5.28. The molecule has 0 bridgehead atoms. The summed E-state index contributed by atoms with van der Waals surface area (Å²) in [6.07, 6.45) is 0. The van der Waals surface area contributed by atoms with E-state index in [0.29, 0.717) is 17.1 Å². The van der Waals surface area contributed by atoms with E-state index in [1.165, 1.54) is 5.56 Å². The van der Waals surface area contributed by atoms with Gasteiger partial charge >= 0.3 is 0 Å². The Labute approximate surface area is 176 Å². The first-order valence-corrected chi connectivity index (χ1v) is 9.95. The van der Waals surface area contributed by atoms with E-state index in [9.17, 15) is 4.79 Å². The van der Waals surface area contributed by atoms with Crippen LogP contribution >= 0.6 is 0 Å². The fourth-order valence-electron chi connectivity index (χ4n) is 3.48. The van der Waals surface area contributed by atoms with Gasteiger partial charge in [0.1, 0.15) is 17.1 Å². The third kappa shape index (κ3) is 3.79. The minimum absolute atomic E-state index is 0.222. The minimum Gasteiger partial charge on any atom is -0.460 e. The van der Waals surface area contributed by atoms with Gasteiger partial charge in [-0.1, -0.05) is 23.8 Å². The van der Waals surface area contributed by atoms with Crippen LogP contribution in [0.2, 0.25) is 0 Å². The van der Waals surface area contributed by atoms with E-state index in [0.717, 1.165) is 33.8 Å². The topological polar surface area (TPSA) is 60.1 Å². The molecule has 0 aliphatic heterocycles. The number of benzene rings is 2. The Morgan fingerprint density at radius 1 is 0.867 bits per heavy atom. The molecule has 0 aliphatic rings. The van der Waals surface area contributed by atoms with Crippen LogP contribution in [0.15, 0.2) is 59.0 Å². The number of carbonyl (C=O) groups excluding carboxylic acids is 1. The number of nitrogens with one attached hydrogen (secondary N) is 1. The number of carbonyl (C=O) groups is 1. The van der Waals surface area contributed by atoms with Crippen LogP contribution in [0.3, 0.4) is 0 Å². The molecule has 0 unspecified atom stereocenters. The van der Waals surface area contributed by atoms with E-state index in [1.807, 2.05) is 77.1 Å². The average Bonchev–Trinajstić information content (AvgIpc) is 3.31. The maximum Gasteiger partial charge on any atom is 0.274 e. The molecule has 0 atom stereocenters. The number of hydrogen-bond acceptors (Lipinski definition) is 3. The molecule has 30 heavy (non-hydrogen) atoms. The molecule has 5 nitrogen and oxygen atoms in total. The van der Waals surface area contributed by atoms with Crippen LogP contribution in [-0.2, 0) is 0 Å². The number of rotatable bonds is 4. The quantitative estimate of drug-likeness (QED) is 0.463. The smallest absolute Gasteiger partial charge is 0.274 e. The van der Waals surface area contributed by atoms with E-state index in [4.69, 9.17) is 9.52 Å². The SMILES string of the molecule is Cc1ccc(-n2nc(-c3ccc(C)o3)cc2C(=O)Nc2ccc(C)c(C)c2)c(C)c1. The standard InChI is InChI=1S/C25H25N3O2/c1-15-6-10-22(18(4)12-15)28-23(14-21(27-28)24-11-8-19(5)30-24)25(29)26-20-9-7-16(2)17(3)13-20/h6-14H,1-5H3,(H,26,29). The zero-order valence-corrected chi connectivity index (χ0v) is 17.9. The summed E-state index contributed by atoms with van der Waals surface area (Å²) < 4.78 is 7.44. The summed E-state index contributed by atoms with van der Waals surface area (Å²) in [6, 6.07) is 17.5. The maximum atomic E-state index is 13.2. The summed E-state index contributed by atoms with van der Waals surface area (Å²) in [7, 11) is 0. The Morgan fingerprint density at radius 3 is 2.33 bits per heavy atom. The zero-order valence-electron chi connectivity index (χ0n) is 17.9. The van der Waals surface area contributed by atoms with Crippen molar-refractivity contribution in [3.05, 3.63) is 88.3 Å². The zero-order chi connectivity index (χ0) is 21.4.